The second-order valence-electron chi connectivity index (χ2n) is 5.53. The van der Waals surface area contributed by atoms with Gasteiger partial charge in [-0.3, -0.25) is 9.10 Å². The summed E-state index contributed by atoms with van der Waals surface area (Å²) >= 11 is 5.97. The maximum atomic E-state index is 12.7. The van der Waals surface area contributed by atoms with Crippen molar-refractivity contribution in [1.82, 2.24) is 0 Å². The molecule has 134 valence electrons. The molecule has 0 radical (unpaired) electrons. The lowest BCUT2D eigenvalue weighted by Crippen LogP contribution is -2.25. The monoisotopic (exact) mass is 382 g/mol. The van der Waals surface area contributed by atoms with Crippen molar-refractivity contribution >= 4 is 38.9 Å². The zero-order valence-electron chi connectivity index (χ0n) is 14.3. The quantitative estimate of drug-likeness (QED) is 0.860. The van der Waals surface area contributed by atoms with Crippen molar-refractivity contribution in [1.29, 1.82) is 0 Å². The number of nitrogens with zero attached hydrogens (tertiary/aromatic N) is 1. The van der Waals surface area contributed by atoms with E-state index < -0.39 is 15.9 Å². The Bertz CT molecular complexity index is 913. The molecule has 25 heavy (non-hydrogen) atoms. The Labute approximate surface area is 152 Å². The summed E-state index contributed by atoms with van der Waals surface area (Å²) in [6.45, 7) is 1.84. The van der Waals surface area contributed by atoms with Gasteiger partial charge in [-0.05, 0) is 42.8 Å². The summed E-state index contributed by atoms with van der Waals surface area (Å²) in [5.41, 5.74) is 1.99. The van der Waals surface area contributed by atoms with E-state index in [9.17, 15) is 13.2 Å². The van der Waals surface area contributed by atoms with Gasteiger partial charge in [0.2, 0.25) is 10.0 Å². The highest BCUT2D eigenvalue weighted by Crippen LogP contribution is 2.27. The molecule has 0 fully saturated rings. The Balaban J connectivity index is 2.42. The number of amides is 1. The predicted octanol–water partition coefficient (Wildman–Crippen LogP) is 3.31. The van der Waals surface area contributed by atoms with Crippen molar-refractivity contribution < 1.29 is 17.9 Å². The molecule has 6 nitrogen and oxygen atoms in total. The van der Waals surface area contributed by atoms with Crippen LogP contribution in [0.2, 0.25) is 5.02 Å². The summed E-state index contributed by atoms with van der Waals surface area (Å²) in [7, 11) is -0.588. The summed E-state index contributed by atoms with van der Waals surface area (Å²) in [5.74, 6) is -0.0891. The van der Waals surface area contributed by atoms with Gasteiger partial charge in [-0.2, -0.15) is 0 Å². The third kappa shape index (κ3) is 4.43. The molecule has 8 heteroatoms. The van der Waals surface area contributed by atoms with Crippen molar-refractivity contribution in [2.45, 2.75) is 6.92 Å². The van der Waals surface area contributed by atoms with Crippen LogP contribution in [0.25, 0.3) is 0 Å². The van der Waals surface area contributed by atoms with Crippen molar-refractivity contribution in [2.24, 2.45) is 0 Å². The summed E-state index contributed by atoms with van der Waals surface area (Å²) in [6, 6.07) is 9.76. The maximum absolute atomic E-state index is 12.7. The van der Waals surface area contributed by atoms with E-state index in [-0.39, 0.29) is 5.56 Å². The first-order valence-corrected chi connectivity index (χ1v) is 9.55. The molecule has 0 aliphatic heterocycles. The number of aryl methyl sites for hydroxylation is 1. The van der Waals surface area contributed by atoms with Crippen LogP contribution in [0, 0.1) is 6.92 Å². The van der Waals surface area contributed by atoms with Crippen LogP contribution >= 0.6 is 11.6 Å². The number of anilines is 2. The summed E-state index contributed by atoms with van der Waals surface area (Å²) in [6.07, 6.45) is 1.09. The van der Waals surface area contributed by atoms with Gasteiger partial charge in [0.1, 0.15) is 5.75 Å². The highest BCUT2D eigenvalue weighted by molar-refractivity contribution is 7.92. The molecule has 1 amide bonds. The number of nitrogens with one attached hydrogen (secondary N) is 1. The van der Waals surface area contributed by atoms with Gasteiger partial charge >= 0.3 is 0 Å². The van der Waals surface area contributed by atoms with Crippen LogP contribution in [0.4, 0.5) is 11.4 Å². The number of hydrogen-bond acceptors (Lipinski definition) is 4. The number of ether oxygens (including phenoxy) is 1. The molecule has 0 heterocycles. The van der Waals surface area contributed by atoms with Gasteiger partial charge in [-0.15, -0.1) is 0 Å². The standard InChI is InChI=1S/C17H19ClN2O4S/c1-11-5-6-12(18)9-15(11)19-17(21)14-10-13(7-8-16(14)24-3)20(2)25(4,22)23/h5-10H,1-4H3,(H,19,21). The Morgan fingerprint density at radius 1 is 1.20 bits per heavy atom. The van der Waals surface area contributed by atoms with Crippen LogP contribution in [0.15, 0.2) is 36.4 Å². The highest BCUT2D eigenvalue weighted by Gasteiger charge is 2.18. The largest absolute Gasteiger partial charge is 0.496 e. The Hall–Kier alpha value is -2.25. The zero-order valence-corrected chi connectivity index (χ0v) is 15.9. The molecule has 0 saturated heterocycles. The van der Waals surface area contributed by atoms with Crippen LogP contribution in [-0.4, -0.2) is 34.7 Å². The highest BCUT2D eigenvalue weighted by atomic mass is 35.5. The minimum Gasteiger partial charge on any atom is -0.496 e. The molecule has 0 aromatic heterocycles. The summed E-state index contributed by atoms with van der Waals surface area (Å²) < 4.78 is 29.8. The summed E-state index contributed by atoms with van der Waals surface area (Å²) in [5, 5.41) is 3.27. The third-order valence-electron chi connectivity index (χ3n) is 3.74. The molecule has 2 aromatic rings. The molecular formula is C17H19ClN2O4S. The van der Waals surface area contributed by atoms with E-state index >= 15 is 0 Å². The average molecular weight is 383 g/mol. The Morgan fingerprint density at radius 3 is 2.48 bits per heavy atom. The van der Waals surface area contributed by atoms with Gasteiger partial charge in [0, 0.05) is 17.8 Å². The molecule has 0 atom stereocenters. The van der Waals surface area contributed by atoms with E-state index in [1.807, 2.05) is 6.92 Å². The minimum atomic E-state index is -3.45. The number of carbonyl (C=O) groups excluding carboxylic acids is 1. The molecular weight excluding hydrogens is 364 g/mol. The molecule has 0 aliphatic carbocycles. The number of halogens is 1. The van der Waals surface area contributed by atoms with Gasteiger partial charge < -0.3 is 10.1 Å². The normalized spacial score (nSPS) is 11.1. The number of benzene rings is 2. The number of carbonyl (C=O) groups is 1. The van der Waals surface area contributed by atoms with Crippen molar-refractivity contribution in [2.75, 3.05) is 30.0 Å². The Morgan fingerprint density at radius 2 is 1.88 bits per heavy atom. The van der Waals surface area contributed by atoms with E-state index in [1.54, 1.807) is 30.3 Å². The first kappa shape index (κ1) is 19.1. The van der Waals surface area contributed by atoms with Crippen LogP contribution in [0.1, 0.15) is 15.9 Å². The second kappa shape index (κ2) is 7.33. The number of methoxy groups -OCH3 is 1. The zero-order chi connectivity index (χ0) is 18.8. The van der Waals surface area contributed by atoms with Crippen LogP contribution in [-0.2, 0) is 10.0 Å². The van der Waals surface area contributed by atoms with Crippen molar-refractivity contribution in [3.63, 3.8) is 0 Å². The van der Waals surface area contributed by atoms with Gasteiger partial charge in [0.15, 0.2) is 0 Å². The maximum Gasteiger partial charge on any atom is 0.259 e. The smallest absolute Gasteiger partial charge is 0.259 e. The average Bonchev–Trinajstić information content (AvgIpc) is 2.56. The van der Waals surface area contributed by atoms with E-state index in [1.165, 1.54) is 20.2 Å². The first-order chi connectivity index (χ1) is 11.6. The SMILES string of the molecule is COc1ccc(N(C)S(C)(=O)=O)cc1C(=O)Nc1cc(Cl)ccc1C. The van der Waals surface area contributed by atoms with E-state index in [0.717, 1.165) is 16.1 Å². The molecule has 2 aromatic carbocycles. The lowest BCUT2D eigenvalue weighted by Gasteiger charge is -2.19. The van der Waals surface area contributed by atoms with E-state index in [0.29, 0.717) is 22.1 Å². The van der Waals surface area contributed by atoms with Crippen LogP contribution < -0.4 is 14.4 Å². The van der Waals surface area contributed by atoms with Gasteiger partial charge in [-0.25, -0.2) is 8.42 Å². The van der Waals surface area contributed by atoms with Crippen LogP contribution in [0.5, 0.6) is 5.75 Å². The van der Waals surface area contributed by atoms with Gasteiger partial charge in [-0.1, -0.05) is 17.7 Å². The number of hydrogen-bond donors (Lipinski definition) is 1. The van der Waals surface area contributed by atoms with E-state index in [4.69, 9.17) is 16.3 Å². The number of sulfonamides is 1. The van der Waals surface area contributed by atoms with E-state index in [2.05, 4.69) is 5.32 Å². The minimum absolute atomic E-state index is 0.217. The summed E-state index contributed by atoms with van der Waals surface area (Å²) in [4.78, 5) is 12.7. The van der Waals surface area contributed by atoms with Gasteiger partial charge in [0.25, 0.3) is 5.91 Å². The molecule has 0 saturated carbocycles. The lowest BCUT2D eigenvalue weighted by molar-refractivity contribution is 0.102. The molecule has 0 unspecified atom stereocenters. The molecule has 1 N–H and O–H groups in total. The fourth-order valence-electron chi connectivity index (χ4n) is 2.18. The predicted molar refractivity (Wildman–Crippen MR) is 100 cm³/mol. The number of rotatable bonds is 5. The third-order valence-corrected chi connectivity index (χ3v) is 5.18. The molecule has 0 spiro atoms. The molecule has 0 bridgehead atoms. The fourth-order valence-corrected chi connectivity index (χ4v) is 2.85. The first-order valence-electron chi connectivity index (χ1n) is 7.33. The van der Waals surface area contributed by atoms with Gasteiger partial charge in [0.05, 0.1) is 24.6 Å². The van der Waals surface area contributed by atoms with Crippen molar-refractivity contribution in [3.05, 3.63) is 52.5 Å². The molecule has 0 aliphatic rings. The topological polar surface area (TPSA) is 75.7 Å². The molecule has 2 rings (SSSR count). The lowest BCUT2D eigenvalue weighted by atomic mass is 10.1. The fraction of sp³-hybridized carbons (Fsp3) is 0.235. The Kier molecular flexibility index (Phi) is 5.59. The second-order valence-corrected chi connectivity index (χ2v) is 7.98. The van der Waals surface area contributed by atoms with Crippen molar-refractivity contribution in [3.8, 4) is 5.75 Å². The van der Waals surface area contributed by atoms with Crippen LogP contribution in [0.3, 0.4) is 0 Å².